The molecule has 0 bridgehead atoms. The highest BCUT2D eigenvalue weighted by molar-refractivity contribution is 7.65. The lowest BCUT2D eigenvalue weighted by Crippen LogP contribution is -2.25. The maximum atomic E-state index is 5.15. The van der Waals surface area contributed by atoms with Crippen molar-refractivity contribution in [2.75, 3.05) is 7.11 Å². The van der Waals surface area contributed by atoms with Crippen molar-refractivity contribution in [2.24, 2.45) is 0 Å². The first-order valence-electron chi connectivity index (χ1n) is 5.73. The van der Waals surface area contributed by atoms with Crippen LogP contribution in [0.15, 0.2) is 54.6 Å². The molecule has 17 heavy (non-hydrogen) atoms. The second-order valence-electron chi connectivity index (χ2n) is 4.07. The van der Waals surface area contributed by atoms with Gasteiger partial charge in [-0.25, -0.2) is 0 Å². The highest BCUT2D eigenvalue weighted by atomic mass is 31.0. The third-order valence-electron chi connectivity index (χ3n) is 2.84. The maximum absolute atomic E-state index is 5.15. The van der Waals surface area contributed by atoms with Crippen LogP contribution in [-0.4, -0.2) is 13.5 Å². The second kappa shape index (κ2) is 5.88. The lowest BCUT2D eigenvalue weighted by atomic mass is 9.63. The minimum Gasteiger partial charge on any atom is -0.497 e. The molecule has 1 atom stereocenters. The van der Waals surface area contributed by atoms with Gasteiger partial charge in [0.25, 0.3) is 0 Å². The third-order valence-corrected chi connectivity index (χ3v) is 3.46. The summed E-state index contributed by atoms with van der Waals surface area (Å²) in [6.07, 6.45) is 1.49. The summed E-state index contributed by atoms with van der Waals surface area (Å²) in [7, 11) is 4.61. The third kappa shape index (κ3) is 3.34. The molecule has 0 radical (unpaired) electrons. The van der Waals surface area contributed by atoms with Crippen LogP contribution in [-0.2, 0) is 6.32 Å². The van der Waals surface area contributed by atoms with E-state index in [2.05, 4.69) is 45.5 Å². The number of benzene rings is 2. The molecule has 0 N–H and O–H groups in total. The van der Waals surface area contributed by atoms with Gasteiger partial charge in [-0.15, -0.1) is 0 Å². The Hall–Kier alpha value is -1.27. The molecule has 0 heterocycles. The molecule has 2 aromatic rings. The fourth-order valence-corrected chi connectivity index (χ4v) is 2.33. The Kier molecular flexibility index (Phi) is 4.22. The minimum atomic E-state index is 0.463. The van der Waals surface area contributed by atoms with Crippen LogP contribution in [0.25, 0.3) is 0 Å². The zero-order valence-electron chi connectivity index (χ0n) is 9.97. The van der Waals surface area contributed by atoms with Gasteiger partial charge in [0.05, 0.1) is 7.11 Å². The molecule has 0 aliphatic heterocycles. The topological polar surface area (TPSA) is 9.23 Å². The van der Waals surface area contributed by atoms with Crippen molar-refractivity contribution >= 4 is 21.0 Å². The monoisotopic (exact) mass is 242 g/mol. The van der Waals surface area contributed by atoms with E-state index in [1.54, 1.807) is 7.11 Å². The molecule has 0 amide bonds. The summed E-state index contributed by atoms with van der Waals surface area (Å²) < 4.78 is 5.15. The zero-order chi connectivity index (χ0) is 12.1. The largest absolute Gasteiger partial charge is 0.497 e. The second-order valence-corrected chi connectivity index (χ2v) is 4.87. The van der Waals surface area contributed by atoms with E-state index in [1.807, 2.05) is 18.2 Å². The molecule has 0 fully saturated rings. The fraction of sp³-hybridized carbons (Fsp3) is 0.143. The predicted molar refractivity (Wildman–Crippen MR) is 78.2 cm³/mol. The van der Waals surface area contributed by atoms with Gasteiger partial charge in [-0.3, -0.25) is 0 Å². The number of hydrogen-bond donors (Lipinski definition) is 0. The van der Waals surface area contributed by atoms with Gasteiger partial charge in [0.15, 0.2) is 0 Å². The Morgan fingerprint density at radius 2 is 1.65 bits per heavy atom. The summed E-state index contributed by atoms with van der Waals surface area (Å²) in [6, 6.07) is 18.8. The quantitative estimate of drug-likeness (QED) is 0.591. The molecule has 0 spiro atoms. The Labute approximate surface area is 105 Å². The van der Waals surface area contributed by atoms with Gasteiger partial charge in [0.1, 0.15) is 5.75 Å². The molecule has 86 valence electrons. The van der Waals surface area contributed by atoms with Gasteiger partial charge in [-0.2, -0.15) is 9.12 Å². The molecule has 0 aliphatic carbocycles. The first-order chi connectivity index (χ1) is 8.29. The summed E-state index contributed by atoms with van der Waals surface area (Å²) in [5, 5.41) is 0. The van der Waals surface area contributed by atoms with Crippen LogP contribution in [0.2, 0.25) is 0 Å². The van der Waals surface area contributed by atoms with Crippen molar-refractivity contribution in [2.45, 2.75) is 6.32 Å². The molecule has 0 saturated heterocycles. The van der Waals surface area contributed by atoms with Crippen molar-refractivity contribution in [3.8, 4) is 5.75 Å². The van der Waals surface area contributed by atoms with Crippen LogP contribution in [0.4, 0.5) is 0 Å². The molecular weight excluding hydrogens is 226 g/mol. The lowest BCUT2D eigenvalue weighted by Gasteiger charge is -2.09. The Morgan fingerprint density at radius 3 is 2.24 bits per heavy atom. The van der Waals surface area contributed by atoms with E-state index in [4.69, 9.17) is 4.74 Å². The standard InChI is InChI=1S/C14H16BOP/c1-16-14-9-7-12(8-10-14)11-15(17)13-5-3-2-4-6-13/h2-10H,11,17H2,1H3. The summed E-state index contributed by atoms with van der Waals surface area (Å²) in [5.41, 5.74) is 2.68. The number of methoxy groups -OCH3 is 1. The highest BCUT2D eigenvalue weighted by Crippen LogP contribution is 2.13. The van der Waals surface area contributed by atoms with Gasteiger partial charge in [-0.1, -0.05) is 53.5 Å². The minimum absolute atomic E-state index is 0.463. The van der Waals surface area contributed by atoms with Crippen molar-refractivity contribution in [1.29, 1.82) is 0 Å². The molecule has 2 aromatic carbocycles. The highest BCUT2D eigenvalue weighted by Gasteiger charge is 2.10. The summed E-state index contributed by atoms with van der Waals surface area (Å²) in [6.45, 7) is 0. The summed E-state index contributed by atoms with van der Waals surface area (Å²) >= 11 is 0. The van der Waals surface area contributed by atoms with E-state index >= 15 is 0 Å². The molecule has 0 saturated carbocycles. The van der Waals surface area contributed by atoms with Crippen molar-refractivity contribution in [3.63, 3.8) is 0 Å². The zero-order valence-corrected chi connectivity index (χ0v) is 11.1. The predicted octanol–water partition coefficient (Wildman–Crippen LogP) is 2.55. The Balaban J connectivity index is 2.05. The summed E-state index contributed by atoms with van der Waals surface area (Å²) in [4.78, 5) is 0. The van der Waals surface area contributed by atoms with E-state index in [-0.39, 0.29) is 0 Å². The van der Waals surface area contributed by atoms with E-state index in [1.165, 1.54) is 11.0 Å². The first kappa shape index (κ1) is 12.2. The lowest BCUT2D eigenvalue weighted by molar-refractivity contribution is 0.414. The number of rotatable bonds is 4. The Morgan fingerprint density at radius 1 is 1.00 bits per heavy atom. The van der Waals surface area contributed by atoms with E-state index < -0.39 is 0 Å². The average molecular weight is 242 g/mol. The number of ether oxygens (including phenoxy) is 1. The van der Waals surface area contributed by atoms with Gasteiger partial charge in [0.2, 0.25) is 6.43 Å². The van der Waals surface area contributed by atoms with Gasteiger partial charge >= 0.3 is 0 Å². The van der Waals surface area contributed by atoms with Gasteiger partial charge < -0.3 is 4.74 Å². The molecule has 1 unspecified atom stereocenters. The Bertz CT molecular complexity index is 455. The van der Waals surface area contributed by atoms with Crippen LogP contribution in [0, 0.1) is 0 Å². The summed E-state index contributed by atoms with van der Waals surface area (Å²) in [5.74, 6) is 0.911. The van der Waals surface area contributed by atoms with Gasteiger partial charge in [0, 0.05) is 0 Å². The molecule has 0 aromatic heterocycles. The van der Waals surface area contributed by atoms with Crippen LogP contribution in [0.3, 0.4) is 0 Å². The van der Waals surface area contributed by atoms with Crippen molar-refractivity contribution in [3.05, 3.63) is 60.2 Å². The molecule has 0 aliphatic rings. The molecular formula is C14H16BOP. The SMILES string of the molecule is COc1ccc(CB(P)c2ccccc2)cc1. The first-order valence-corrected chi connectivity index (χ1v) is 6.39. The number of hydrogen-bond acceptors (Lipinski definition) is 1. The maximum Gasteiger partial charge on any atom is 0.202 e. The normalized spacial score (nSPS) is 10.0. The van der Waals surface area contributed by atoms with Crippen LogP contribution >= 0.6 is 9.12 Å². The molecule has 1 nitrogen and oxygen atoms in total. The van der Waals surface area contributed by atoms with Crippen molar-refractivity contribution < 1.29 is 4.74 Å². The van der Waals surface area contributed by atoms with Crippen LogP contribution < -0.4 is 10.2 Å². The molecule has 2 rings (SSSR count). The fourth-order valence-electron chi connectivity index (χ4n) is 1.83. The van der Waals surface area contributed by atoms with Crippen LogP contribution in [0.1, 0.15) is 5.56 Å². The van der Waals surface area contributed by atoms with E-state index in [0.29, 0.717) is 6.43 Å². The van der Waals surface area contributed by atoms with E-state index in [9.17, 15) is 0 Å². The van der Waals surface area contributed by atoms with Crippen LogP contribution in [0.5, 0.6) is 5.75 Å². The molecule has 3 heteroatoms. The average Bonchev–Trinajstić information content (AvgIpc) is 2.40. The van der Waals surface area contributed by atoms with E-state index in [0.717, 1.165) is 12.1 Å². The van der Waals surface area contributed by atoms with Gasteiger partial charge in [-0.05, 0) is 18.5 Å². The van der Waals surface area contributed by atoms with Crippen molar-refractivity contribution in [1.82, 2.24) is 0 Å². The smallest absolute Gasteiger partial charge is 0.202 e.